The lowest BCUT2D eigenvalue weighted by molar-refractivity contribution is 0.769. The lowest BCUT2D eigenvalue weighted by Gasteiger charge is -2.42. The Hall–Kier alpha value is -13.0. The van der Waals surface area contributed by atoms with Crippen LogP contribution in [0.2, 0.25) is 0 Å². The highest BCUT2D eigenvalue weighted by Crippen LogP contribution is 2.59. The second kappa shape index (κ2) is 22.5. The Bertz CT molecular complexity index is 6220. The number of benzene rings is 16. The smallest absolute Gasteiger partial charge is 0.252 e. The molecule has 21 rings (SSSR count). The Balaban J connectivity index is 0.932. The summed E-state index contributed by atoms with van der Waals surface area (Å²) in [6.45, 7) is -0.207. The molecule has 0 saturated heterocycles. The van der Waals surface area contributed by atoms with Gasteiger partial charge in [0, 0.05) is 60.9 Å². The molecule has 0 fully saturated rings. The average molecular weight is 1280 g/mol. The molecule has 16 aromatic carbocycles. The van der Waals surface area contributed by atoms with Crippen LogP contribution in [0.25, 0.3) is 133 Å². The molecule has 0 radical (unpaired) electrons. The Morgan fingerprint density at radius 3 is 1.32 bits per heavy atom. The van der Waals surface area contributed by atoms with Gasteiger partial charge in [-0.15, -0.1) is 0 Å². The molecule has 4 heterocycles. The number of nitrogens with zero attached hydrogens (tertiary/aromatic N) is 3. The van der Waals surface area contributed by atoms with Crippen molar-refractivity contribution in [1.29, 1.82) is 0 Å². The Morgan fingerprint density at radius 1 is 0.238 bits per heavy atom. The molecule has 0 atom stereocenters. The molecule has 0 spiro atoms. The van der Waals surface area contributed by atoms with E-state index < -0.39 is 5.41 Å². The van der Waals surface area contributed by atoms with E-state index in [2.05, 4.69) is 390 Å². The van der Waals surface area contributed by atoms with Gasteiger partial charge in [-0.25, -0.2) is 0 Å². The quantitative estimate of drug-likeness (QED) is 0.124. The van der Waals surface area contributed by atoms with Crippen molar-refractivity contribution in [3.63, 3.8) is 0 Å². The minimum Gasteiger partial charge on any atom is -0.310 e. The van der Waals surface area contributed by atoms with E-state index in [1.807, 2.05) is 0 Å². The molecule has 0 amide bonds. The predicted octanol–water partition coefficient (Wildman–Crippen LogP) is 22.9. The second-order valence-electron chi connectivity index (χ2n) is 27.4. The molecular formula is C97H62BN3. The van der Waals surface area contributed by atoms with Crippen LogP contribution in [-0.2, 0) is 5.41 Å². The minimum atomic E-state index is -0.610. The normalized spacial score (nSPS) is 13.0. The molecule has 2 aliphatic heterocycles. The van der Waals surface area contributed by atoms with E-state index in [0.717, 1.165) is 78.3 Å². The monoisotopic (exact) mass is 1280 g/mol. The standard InChI is InChI=1S/C97H62BN3/c1-8-28-63(29-9-1)67-36-24-38-70(54-67)76-47-26-48-77(71-39-25-37-68(55-71)64-30-10-2-11-31-64)95(76)101-91-60-83-79-53-52-69(65-32-12-3-13-33-65)56-88(79)99(75-44-20-7-21-45-75)90(83)62-87(91)98-86-51-27-49-80-82-59-81-78-46-22-23-50-84(78)97(73-40-16-5-17-41-73,74-42-18-6-19-43-74)85(81)61-89(82)100(96(80)86)92-57-72(58-93(101)94(92)98)66-34-14-4-15-35-66/h1-62H. The fourth-order valence-electron chi connectivity index (χ4n) is 17.8. The lowest BCUT2D eigenvalue weighted by Crippen LogP contribution is -2.60. The maximum Gasteiger partial charge on any atom is 0.252 e. The molecule has 4 heteroatoms. The first-order valence-corrected chi connectivity index (χ1v) is 35.2. The first-order chi connectivity index (χ1) is 50.1. The highest BCUT2D eigenvalue weighted by atomic mass is 15.2. The number of aromatic nitrogens is 2. The Labute approximate surface area is 587 Å². The van der Waals surface area contributed by atoms with Crippen LogP contribution in [0.3, 0.4) is 0 Å². The predicted molar refractivity (Wildman–Crippen MR) is 424 cm³/mol. The zero-order valence-electron chi connectivity index (χ0n) is 55.2. The van der Waals surface area contributed by atoms with Crippen LogP contribution in [0, 0.1) is 0 Å². The summed E-state index contributed by atoms with van der Waals surface area (Å²) in [6, 6.07) is 142. The summed E-state index contributed by atoms with van der Waals surface area (Å²) >= 11 is 0. The van der Waals surface area contributed by atoms with Gasteiger partial charge < -0.3 is 14.0 Å². The summed E-state index contributed by atoms with van der Waals surface area (Å²) in [5, 5.41) is 4.86. The van der Waals surface area contributed by atoms with Gasteiger partial charge >= 0.3 is 0 Å². The fraction of sp³-hybridized carbons (Fsp3) is 0.0103. The van der Waals surface area contributed by atoms with Crippen molar-refractivity contribution < 1.29 is 0 Å². The molecule has 468 valence electrons. The molecule has 0 bridgehead atoms. The summed E-state index contributed by atoms with van der Waals surface area (Å²) in [5.41, 5.74) is 35.1. The van der Waals surface area contributed by atoms with E-state index in [4.69, 9.17) is 0 Å². The van der Waals surface area contributed by atoms with Crippen molar-refractivity contribution in [2.24, 2.45) is 0 Å². The second-order valence-corrected chi connectivity index (χ2v) is 27.4. The first kappa shape index (κ1) is 57.1. The van der Waals surface area contributed by atoms with Crippen molar-refractivity contribution in [3.05, 3.63) is 398 Å². The summed E-state index contributed by atoms with van der Waals surface area (Å²) in [7, 11) is 0. The largest absolute Gasteiger partial charge is 0.310 e. The number of fused-ring (bicyclic) bond motifs is 13. The van der Waals surface area contributed by atoms with Gasteiger partial charge in [-0.3, -0.25) is 0 Å². The number of rotatable bonds is 10. The third kappa shape index (κ3) is 8.56. The summed E-state index contributed by atoms with van der Waals surface area (Å²) < 4.78 is 5.23. The molecule has 18 aromatic rings. The maximum atomic E-state index is 2.72. The highest BCUT2D eigenvalue weighted by molar-refractivity contribution is 7.00. The molecule has 3 nitrogen and oxygen atoms in total. The molecule has 0 unspecified atom stereocenters. The van der Waals surface area contributed by atoms with Crippen LogP contribution in [0.4, 0.5) is 17.1 Å². The lowest BCUT2D eigenvalue weighted by atomic mass is 9.33. The number of hydrogen-bond acceptors (Lipinski definition) is 1. The third-order valence-corrected chi connectivity index (χ3v) is 22.1. The Kier molecular flexibility index (Phi) is 12.7. The van der Waals surface area contributed by atoms with Crippen molar-refractivity contribution in [1.82, 2.24) is 9.13 Å². The number of para-hydroxylation sites is 3. The van der Waals surface area contributed by atoms with Gasteiger partial charge in [0.15, 0.2) is 0 Å². The van der Waals surface area contributed by atoms with Crippen molar-refractivity contribution in [3.8, 4) is 89.3 Å². The van der Waals surface area contributed by atoms with E-state index in [1.165, 1.54) is 110 Å². The van der Waals surface area contributed by atoms with Gasteiger partial charge in [0.25, 0.3) is 6.71 Å². The van der Waals surface area contributed by atoms with Gasteiger partial charge in [0.1, 0.15) is 0 Å². The van der Waals surface area contributed by atoms with Crippen molar-refractivity contribution >= 4 is 83.8 Å². The van der Waals surface area contributed by atoms with Crippen LogP contribution >= 0.6 is 0 Å². The number of hydrogen-bond donors (Lipinski definition) is 0. The van der Waals surface area contributed by atoms with Gasteiger partial charge in [-0.1, -0.05) is 309 Å². The molecule has 1 aliphatic carbocycles. The van der Waals surface area contributed by atoms with Crippen LogP contribution in [-0.4, -0.2) is 15.8 Å². The van der Waals surface area contributed by atoms with E-state index in [1.54, 1.807) is 0 Å². The highest BCUT2D eigenvalue weighted by Gasteiger charge is 2.48. The topological polar surface area (TPSA) is 13.1 Å². The molecule has 101 heavy (non-hydrogen) atoms. The summed E-state index contributed by atoms with van der Waals surface area (Å²) in [6.07, 6.45) is 0. The molecular weight excluding hydrogens is 1220 g/mol. The van der Waals surface area contributed by atoms with E-state index in [0.29, 0.717) is 0 Å². The minimum absolute atomic E-state index is 0.207. The summed E-state index contributed by atoms with van der Waals surface area (Å²) in [5.74, 6) is 0. The SMILES string of the molecule is c1ccc(-c2cccc(-c3cccc(-c4cccc(-c5ccccc5)c4)c3N3c4cc5c6ccc(-c7ccccc7)cc6n(-c6ccccc6)c5cc4B4c5c3cc(-c3ccccc3)cc5-n3c5cc6c(cc5c5cccc4c53)-c3ccccc3C6(c3ccccc3)c3ccccc3)c2)cc1. The van der Waals surface area contributed by atoms with Gasteiger partial charge in [-0.2, -0.15) is 0 Å². The van der Waals surface area contributed by atoms with Gasteiger partial charge in [0.05, 0.1) is 27.7 Å². The van der Waals surface area contributed by atoms with Gasteiger partial charge in [-0.05, 0) is 172 Å². The first-order valence-electron chi connectivity index (χ1n) is 35.2. The molecule has 3 aliphatic rings. The zero-order chi connectivity index (χ0) is 66.3. The van der Waals surface area contributed by atoms with Crippen LogP contribution in [0.1, 0.15) is 22.3 Å². The van der Waals surface area contributed by atoms with E-state index in [-0.39, 0.29) is 6.71 Å². The van der Waals surface area contributed by atoms with Gasteiger partial charge in [0.2, 0.25) is 0 Å². The van der Waals surface area contributed by atoms with Crippen LogP contribution in [0.5, 0.6) is 0 Å². The molecule has 2 aromatic heterocycles. The molecule has 0 N–H and O–H groups in total. The average Bonchev–Trinajstić information content (AvgIpc) is 1.60. The molecule has 0 saturated carbocycles. The van der Waals surface area contributed by atoms with Crippen LogP contribution in [0.15, 0.2) is 376 Å². The van der Waals surface area contributed by atoms with E-state index in [9.17, 15) is 0 Å². The van der Waals surface area contributed by atoms with E-state index >= 15 is 0 Å². The fourth-order valence-corrected chi connectivity index (χ4v) is 17.8. The number of anilines is 3. The van der Waals surface area contributed by atoms with Crippen LogP contribution < -0.4 is 21.3 Å². The zero-order valence-corrected chi connectivity index (χ0v) is 55.2. The third-order valence-electron chi connectivity index (χ3n) is 22.1. The maximum absolute atomic E-state index is 2.72. The van der Waals surface area contributed by atoms with Crippen molar-refractivity contribution in [2.45, 2.75) is 5.41 Å². The van der Waals surface area contributed by atoms with Crippen molar-refractivity contribution in [2.75, 3.05) is 4.90 Å². The summed E-state index contributed by atoms with van der Waals surface area (Å²) in [4.78, 5) is 2.72. The Morgan fingerprint density at radius 2 is 0.703 bits per heavy atom.